The molecule has 0 aromatic carbocycles. The second-order valence-electron chi connectivity index (χ2n) is 7.00. The van der Waals surface area contributed by atoms with Crippen molar-refractivity contribution < 1.29 is 4.79 Å². The van der Waals surface area contributed by atoms with Crippen molar-refractivity contribution in [2.24, 2.45) is 11.3 Å². The molecule has 1 amide bonds. The van der Waals surface area contributed by atoms with Crippen LogP contribution in [0.4, 0.5) is 0 Å². The Hall–Kier alpha value is -0.570. The van der Waals surface area contributed by atoms with E-state index in [0.29, 0.717) is 18.0 Å². The van der Waals surface area contributed by atoms with Gasteiger partial charge in [-0.3, -0.25) is 4.79 Å². The summed E-state index contributed by atoms with van der Waals surface area (Å²) in [5.74, 6) is 0.673. The Morgan fingerprint density at radius 3 is 2.58 bits per heavy atom. The summed E-state index contributed by atoms with van der Waals surface area (Å²) in [5.41, 5.74) is 0.196. The van der Waals surface area contributed by atoms with Crippen LogP contribution in [0.1, 0.15) is 59.8 Å². The van der Waals surface area contributed by atoms with Gasteiger partial charge in [-0.05, 0) is 31.1 Å². The molecule has 0 aromatic heterocycles. The van der Waals surface area contributed by atoms with Crippen LogP contribution >= 0.6 is 0 Å². The Bertz CT molecular complexity index is 327. The van der Waals surface area contributed by atoms with Crippen LogP contribution in [0.3, 0.4) is 0 Å². The normalized spacial score (nSPS) is 34.5. The molecule has 1 aliphatic heterocycles. The number of amides is 1. The molecule has 1 aliphatic carbocycles. The predicted molar refractivity (Wildman–Crippen MR) is 79.0 cm³/mol. The maximum atomic E-state index is 12.9. The van der Waals surface area contributed by atoms with Gasteiger partial charge in [0.1, 0.15) is 0 Å². The average molecular weight is 266 g/mol. The van der Waals surface area contributed by atoms with Crippen LogP contribution in [-0.2, 0) is 4.79 Å². The molecule has 1 heterocycles. The first kappa shape index (κ1) is 14.8. The summed E-state index contributed by atoms with van der Waals surface area (Å²) in [5, 5.41) is 3.57. The fourth-order valence-corrected chi connectivity index (χ4v) is 3.76. The number of nitrogens with one attached hydrogen (secondary N) is 1. The van der Waals surface area contributed by atoms with E-state index in [9.17, 15) is 4.79 Å². The molecular weight excluding hydrogens is 236 g/mol. The molecule has 0 radical (unpaired) electrons. The molecule has 3 heteroatoms. The summed E-state index contributed by atoms with van der Waals surface area (Å²) in [6.45, 7) is 10.8. The number of nitrogens with zero attached hydrogens (tertiary/aromatic N) is 1. The number of rotatable bonds is 3. The molecule has 110 valence electrons. The maximum Gasteiger partial charge on any atom is 0.226 e. The highest BCUT2D eigenvalue weighted by Crippen LogP contribution is 2.43. The summed E-state index contributed by atoms with van der Waals surface area (Å²) < 4.78 is 0. The van der Waals surface area contributed by atoms with Crippen LogP contribution in [0, 0.1) is 11.3 Å². The summed E-state index contributed by atoms with van der Waals surface area (Å²) in [6, 6.07) is 0.878. The lowest BCUT2D eigenvalue weighted by atomic mass is 9.80. The van der Waals surface area contributed by atoms with Crippen molar-refractivity contribution in [3.05, 3.63) is 0 Å². The largest absolute Gasteiger partial charge is 0.337 e. The van der Waals surface area contributed by atoms with Gasteiger partial charge < -0.3 is 10.2 Å². The third kappa shape index (κ3) is 2.96. The highest BCUT2D eigenvalue weighted by atomic mass is 16.2. The molecule has 3 unspecified atom stereocenters. The zero-order valence-corrected chi connectivity index (χ0v) is 13.0. The Morgan fingerprint density at radius 1 is 1.32 bits per heavy atom. The van der Waals surface area contributed by atoms with Gasteiger partial charge in [-0.2, -0.15) is 0 Å². The van der Waals surface area contributed by atoms with Crippen LogP contribution in [0.25, 0.3) is 0 Å². The van der Waals surface area contributed by atoms with E-state index < -0.39 is 0 Å². The number of hydrogen-bond acceptors (Lipinski definition) is 2. The van der Waals surface area contributed by atoms with E-state index in [4.69, 9.17) is 0 Å². The van der Waals surface area contributed by atoms with Crippen molar-refractivity contribution in [1.29, 1.82) is 0 Å². The Morgan fingerprint density at radius 2 is 2.05 bits per heavy atom. The second kappa shape index (κ2) is 5.82. The van der Waals surface area contributed by atoms with Crippen LogP contribution in [0.5, 0.6) is 0 Å². The molecule has 19 heavy (non-hydrogen) atoms. The van der Waals surface area contributed by atoms with E-state index in [1.54, 1.807) is 0 Å². The summed E-state index contributed by atoms with van der Waals surface area (Å²) in [4.78, 5) is 15.1. The van der Waals surface area contributed by atoms with Crippen molar-refractivity contribution in [3.63, 3.8) is 0 Å². The van der Waals surface area contributed by atoms with Crippen LogP contribution < -0.4 is 5.32 Å². The zero-order chi connectivity index (χ0) is 14.0. The van der Waals surface area contributed by atoms with Gasteiger partial charge in [0, 0.05) is 31.1 Å². The Labute approximate surface area is 118 Å². The van der Waals surface area contributed by atoms with E-state index in [0.717, 1.165) is 32.4 Å². The number of carbonyl (C=O) groups is 1. The number of hydrogen-bond donors (Lipinski definition) is 1. The third-order valence-corrected chi connectivity index (χ3v) is 5.30. The molecule has 0 aromatic rings. The van der Waals surface area contributed by atoms with Crippen molar-refractivity contribution in [2.45, 2.75) is 71.9 Å². The molecule has 3 atom stereocenters. The molecule has 1 saturated carbocycles. The van der Waals surface area contributed by atoms with Gasteiger partial charge in [-0.1, -0.05) is 34.1 Å². The maximum absolute atomic E-state index is 12.9. The first-order chi connectivity index (χ1) is 8.99. The zero-order valence-electron chi connectivity index (χ0n) is 13.0. The minimum atomic E-state index is 0.196. The van der Waals surface area contributed by atoms with E-state index in [2.05, 4.69) is 37.9 Å². The molecule has 0 spiro atoms. The number of piperazine rings is 1. The lowest BCUT2D eigenvalue weighted by molar-refractivity contribution is -0.142. The summed E-state index contributed by atoms with van der Waals surface area (Å²) in [7, 11) is 0. The van der Waals surface area contributed by atoms with Gasteiger partial charge in [0.15, 0.2) is 0 Å². The van der Waals surface area contributed by atoms with Crippen LogP contribution in [0.2, 0.25) is 0 Å². The van der Waals surface area contributed by atoms with Gasteiger partial charge in [-0.15, -0.1) is 0 Å². The van der Waals surface area contributed by atoms with E-state index in [1.165, 1.54) is 12.8 Å². The minimum absolute atomic E-state index is 0.196. The van der Waals surface area contributed by atoms with Crippen molar-refractivity contribution in [2.75, 3.05) is 13.1 Å². The van der Waals surface area contributed by atoms with Gasteiger partial charge >= 0.3 is 0 Å². The molecule has 2 aliphatic rings. The summed E-state index contributed by atoms with van der Waals surface area (Å²) in [6.07, 6.45) is 5.66. The lowest BCUT2D eigenvalue weighted by Crippen LogP contribution is -2.59. The monoisotopic (exact) mass is 266 g/mol. The second-order valence-corrected chi connectivity index (χ2v) is 7.00. The lowest BCUT2D eigenvalue weighted by Gasteiger charge is -2.43. The number of carbonyl (C=O) groups excluding carboxylic acids is 1. The summed E-state index contributed by atoms with van der Waals surface area (Å²) >= 11 is 0. The van der Waals surface area contributed by atoms with Gasteiger partial charge in [-0.25, -0.2) is 0 Å². The van der Waals surface area contributed by atoms with E-state index >= 15 is 0 Å². The van der Waals surface area contributed by atoms with E-state index in [-0.39, 0.29) is 11.3 Å². The fourth-order valence-electron chi connectivity index (χ4n) is 3.76. The first-order valence-corrected chi connectivity index (χ1v) is 8.03. The van der Waals surface area contributed by atoms with Crippen molar-refractivity contribution in [3.8, 4) is 0 Å². The molecule has 1 saturated heterocycles. The average Bonchev–Trinajstić information content (AvgIpc) is 2.76. The Balaban J connectivity index is 2.10. The SMILES string of the molecule is CCC1CN(C(=O)C2CCCC2(C)C)C(CC)CN1. The molecule has 1 N–H and O–H groups in total. The minimum Gasteiger partial charge on any atom is -0.337 e. The third-order valence-electron chi connectivity index (χ3n) is 5.30. The molecule has 0 bridgehead atoms. The standard InChI is InChI=1S/C16H30N2O/c1-5-12-11-18(13(6-2)10-17-12)15(19)14-8-7-9-16(14,3)4/h12-14,17H,5-11H2,1-4H3. The van der Waals surface area contributed by atoms with Gasteiger partial charge in [0.05, 0.1) is 0 Å². The molecule has 2 rings (SSSR count). The van der Waals surface area contributed by atoms with Crippen molar-refractivity contribution >= 4 is 5.91 Å². The van der Waals surface area contributed by atoms with Gasteiger partial charge in [0.2, 0.25) is 5.91 Å². The topological polar surface area (TPSA) is 32.3 Å². The molecular formula is C16H30N2O. The highest BCUT2D eigenvalue weighted by molar-refractivity contribution is 5.80. The fraction of sp³-hybridized carbons (Fsp3) is 0.938. The van der Waals surface area contributed by atoms with Crippen molar-refractivity contribution in [1.82, 2.24) is 10.2 Å². The first-order valence-electron chi connectivity index (χ1n) is 8.03. The highest BCUT2D eigenvalue weighted by Gasteiger charge is 2.43. The van der Waals surface area contributed by atoms with Crippen LogP contribution in [0.15, 0.2) is 0 Å². The molecule has 3 nitrogen and oxygen atoms in total. The van der Waals surface area contributed by atoms with Gasteiger partial charge in [0.25, 0.3) is 0 Å². The predicted octanol–water partition coefficient (Wildman–Crippen LogP) is 2.80. The van der Waals surface area contributed by atoms with E-state index in [1.807, 2.05) is 0 Å². The quantitative estimate of drug-likeness (QED) is 0.852. The molecule has 2 fully saturated rings. The smallest absolute Gasteiger partial charge is 0.226 e. The Kier molecular flexibility index (Phi) is 4.54. The van der Waals surface area contributed by atoms with Crippen LogP contribution in [-0.4, -0.2) is 36.0 Å².